The summed E-state index contributed by atoms with van der Waals surface area (Å²) in [7, 11) is 1.71. The van der Waals surface area contributed by atoms with Crippen molar-refractivity contribution in [2.75, 3.05) is 7.11 Å². The Bertz CT molecular complexity index is 385. The van der Waals surface area contributed by atoms with Crippen molar-refractivity contribution in [1.82, 2.24) is 10.2 Å². The standard InChI is InChI=1S/C15H26N2O3/c1-5-9(2)13-15(19)17(10(3)14(18)16-13)11-6-7-12(8-11)20-4/h9-13H,5-8H2,1-4H3,(H,16,18). The molecule has 1 aliphatic heterocycles. The number of carbonyl (C=O) groups is 2. The van der Waals surface area contributed by atoms with Crippen LogP contribution in [-0.4, -0.2) is 48.1 Å². The Morgan fingerprint density at radius 3 is 2.65 bits per heavy atom. The lowest BCUT2D eigenvalue weighted by atomic mass is 9.93. The second kappa shape index (κ2) is 6.12. The number of amides is 2. The average Bonchev–Trinajstić information content (AvgIpc) is 2.91. The molecule has 0 bridgehead atoms. The zero-order chi connectivity index (χ0) is 14.9. The Labute approximate surface area is 121 Å². The topological polar surface area (TPSA) is 58.6 Å². The molecule has 0 aromatic rings. The minimum Gasteiger partial charge on any atom is -0.381 e. The summed E-state index contributed by atoms with van der Waals surface area (Å²) >= 11 is 0. The molecule has 1 saturated heterocycles. The van der Waals surface area contributed by atoms with Crippen molar-refractivity contribution in [1.29, 1.82) is 0 Å². The molecule has 1 saturated carbocycles. The highest BCUT2D eigenvalue weighted by Gasteiger charge is 2.44. The predicted molar refractivity (Wildman–Crippen MR) is 76.1 cm³/mol. The van der Waals surface area contributed by atoms with E-state index in [4.69, 9.17) is 4.74 Å². The molecule has 1 heterocycles. The van der Waals surface area contributed by atoms with Crippen molar-refractivity contribution in [3.8, 4) is 0 Å². The van der Waals surface area contributed by atoms with Crippen LogP contribution in [-0.2, 0) is 14.3 Å². The quantitative estimate of drug-likeness (QED) is 0.846. The first-order valence-corrected chi connectivity index (χ1v) is 7.64. The first-order chi connectivity index (χ1) is 9.49. The molecule has 0 aromatic heterocycles. The number of methoxy groups -OCH3 is 1. The number of carbonyl (C=O) groups excluding carboxylic acids is 2. The lowest BCUT2D eigenvalue weighted by Crippen LogP contribution is -2.66. The van der Waals surface area contributed by atoms with Crippen molar-refractivity contribution >= 4 is 11.8 Å². The molecule has 114 valence electrons. The molecule has 5 heteroatoms. The maximum Gasteiger partial charge on any atom is 0.246 e. The van der Waals surface area contributed by atoms with Crippen LogP contribution in [0.1, 0.15) is 46.5 Å². The molecule has 5 atom stereocenters. The van der Waals surface area contributed by atoms with E-state index < -0.39 is 0 Å². The van der Waals surface area contributed by atoms with Crippen LogP contribution < -0.4 is 5.32 Å². The maximum absolute atomic E-state index is 12.7. The molecule has 2 aliphatic rings. The van der Waals surface area contributed by atoms with Crippen molar-refractivity contribution in [2.24, 2.45) is 5.92 Å². The monoisotopic (exact) mass is 282 g/mol. The summed E-state index contributed by atoms with van der Waals surface area (Å²) in [5.41, 5.74) is 0. The summed E-state index contributed by atoms with van der Waals surface area (Å²) in [5, 5.41) is 2.88. The van der Waals surface area contributed by atoms with Crippen LogP contribution in [0.3, 0.4) is 0 Å². The van der Waals surface area contributed by atoms with Crippen LogP contribution in [0.15, 0.2) is 0 Å². The fourth-order valence-electron chi connectivity index (χ4n) is 3.32. The number of nitrogens with zero attached hydrogens (tertiary/aromatic N) is 1. The van der Waals surface area contributed by atoms with Gasteiger partial charge in [-0.3, -0.25) is 9.59 Å². The molecule has 20 heavy (non-hydrogen) atoms. The molecule has 1 N–H and O–H groups in total. The first-order valence-electron chi connectivity index (χ1n) is 7.64. The Balaban J connectivity index is 2.16. The van der Waals surface area contributed by atoms with Gasteiger partial charge in [-0.1, -0.05) is 20.3 Å². The van der Waals surface area contributed by atoms with Gasteiger partial charge in [0.1, 0.15) is 12.1 Å². The Morgan fingerprint density at radius 1 is 1.40 bits per heavy atom. The first kappa shape index (κ1) is 15.3. The number of rotatable bonds is 4. The van der Waals surface area contributed by atoms with Gasteiger partial charge in [-0.2, -0.15) is 0 Å². The Kier molecular flexibility index (Phi) is 4.68. The van der Waals surface area contributed by atoms with Gasteiger partial charge < -0.3 is 15.0 Å². The average molecular weight is 282 g/mol. The zero-order valence-electron chi connectivity index (χ0n) is 12.9. The third kappa shape index (κ3) is 2.68. The largest absolute Gasteiger partial charge is 0.381 e. The maximum atomic E-state index is 12.7. The van der Waals surface area contributed by atoms with E-state index in [1.165, 1.54) is 0 Å². The van der Waals surface area contributed by atoms with Gasteiger partial charge in [-0.05, 0) is 32.1 Å². The minimum absolute atomic E-state index is 0.0317. The highest BCUT2D eigenvalue weighted by Crippen LogP contribution is 2.30. The van der Waals surface area contributed by atoms with E-state index >= 15 is 0 Å². The van der Waals surface area contributed by atoms with Crippen LogP contribution in [0, 0.1) is 5.92 Å². The highest BCUT2D eigenvalue weighted by molar-refractivity contribution is 5.97. The number of nitrogens with one attached hydrogen (secondary N) is 1. The molecule has 2 rings (SSSR count). The molecule has 2 amide bonds. The number of ether oxygens (including phenoxy) is 1. The minimum atomic E-state index is -0.372. The van der Waals surface area contributed by atoms with Gasteiger partial charge >= 0.3 is 0 Å². The Hall–Kier alpha value is -1.10. The van der Waals surface area contributed by atoms with E-state index in [0.717, 1.165) is 25.7 Å². The summed E-state index contributed by atoms with van der Waals surface area (Å²) in [5.74, 6) is 0.213. The van der Waals surface area contributed by atoms with Crippen LogP contribution in [0.5, 0.6) is 0 Å². The number of piperazine rings is 1. The van der Waals surface area contributed by atoms with Gasteiger partial charge in [-0.25, -0.2) is 0 Å². The zero-order valence-corrected chi connectivity index (χ0v) is 12.9. The summed E-state index contributed by atoms with van der Waals surface area (Å²) < 4.78 is 5.39. The highest BCUT2D eigenvalue weighted by atomic mass is 16.5. The second-order valence-electron chi connectivity index (χ2n) is 6.12. The lowest BCUT2D eigenvalue weighted by Gasteiger charge is -2.42. The third-order valence-corrected chi connectivity index (χ3v) is 4.91. The van der Waals surface area contributed by atoms with Crippen molar-refractivity contribution in [3.05, 3.63) is 0 Å². The smallest absolute Gasteiger partial charge is 0.246 e. The van der Waals surface area contributed by atoms with Crippen LogP contribution in [0.4, 0.5) is 0 Å². The summed E-state index contributed by atoms with van der Waals surface area (Å²) in [4.78, 5) is 26.7. The molecule has 0 aromatic carbocycles. The van der Waals surface area contributed by atoms with Gasteiger partial charge in [0, 0.05) is 13.2 Å². The number of hydrogen-bond donors (Lipinski definition) is 1. The van der Waals surface area contributed by atoms with E-state index in [0.29, 0.717) is 0 Å². The molecule has 5 unspecified atom stereocenters. The lowest BCUT2D eigenvalue weighted by molar-refractivity contribution is -0.153. The van der Waals surface area contributed by atoms with Crippen molar-refractivity contribution < 1.29 is 14.3 Å². The van der Waals surface area contributed by atoms with Gasteiger partial charge in [-0.15, -0.1) is 0 Å². The fourth-order valence-corrected chi connectivity index (χ4v) is 3.32. The SMILES string of the molecule is CCC(C)C1NC(=O)C(C)N(C2CCC(OC)C2)C1=O. The molecular weight excluding hydrogens is 256 g/mol. The van der Waals surface area contributed by atoms with E-state index in [1.54, 1.807) is 7.11 Å². The van der Waals surface area contributed by atoms with Crippen LogP contribution in [0.2, 0.25) is 0 Å². The third-order valence-electron chi connectivity index (χ3n) is 4.91. The summed E-state index contributed by atoms with van der Waals surface area (Å²) in [6.07, 6.45) is 3.83. The fraction of sp³-hybridized carbons (Fsp3) is 0.867. The normalized spacial score (nSPS) is 36.1. The van der Waals surface area contributed by atoms with Crippen LogP contribution in [0.25, 0.3) is 0 Å². The molecule has 0 radical (unpaired) electrons. The number of hydrogen-bond acceptors (Lipinski definition) is 3. The summed E-state index contributed by atoms with van der Waals surface area (Å²) in [6, 6.07) is -0.603. The second-order valence-corrected chi connectivity index (χ2v) is 6.12. The molecular formula is C15H26N2O3. The van der Waals surface area contributed by atoms with Gasteiger partial charge in [0.25, 0.3) is 0 Å². The van der Waals surface area contributed by atoms with Crippen LogP contribution >= 0.6 is 0 Å². The van der Waals surface area contributed by atoms with E-state index in [1.807, 2.05) is 25.7 Å². The van der Waals surface area contributed by atoms with E-state index in [9.17, 15) is 9.59 Å². The van der Waals surface area contributed by atoms with Crippen molar-refractivity contribution in [3.63, 3.8) is 0 Å². The van der Waals surface area contributed by atoms with Gasteiger partial charge in [0.05, 0.1) is 6.10 Å². The van der Waals surface area contributed by atoms with E-state index in [2.05, 4.69) is 5.32 Å². The molecule has 1 aliphatic carbocycles. The van der Waals surface area contributed by atoms with Crippen molar-refractivity contribution in [2.45, 2.75) is 70.7 Å². The van der Waals surface area contributed by atoms with Gasteiger partial charge in [0.15, 0.2) is 0 Å². The summed E-state index contributed by atoms with van der Waals surface area (Å²) in [6.45, 7) is 5.88. The van der Waals surface area contributed by atoms with Gasteiger partial charge in [0.2, 0.25) is 11.8 Å². The molecule has 0 spiro atoms. The molecule has 5 nitrogen and oxygen atoms in total. The van der Waals surface area contributed by atoms with E-state index in [-0.39, 0.29) is 42.0 Å². The molecule has 2 fully saturated rings. The predicted octanol–water partition coefficient (Wildman–Crippen LogP) is 1.32. The Morgan fingerprint density at radius 2 is 2.10 bits per heavy atom.